The third-order valence-electron chi connectivity index (χ3n) is 4.85. The second kappa shape index (κ2) is 6.89. The second-order valence-electron chi connectivity index (χ2n) is 6.87. The molecule has 0 radical (unpaired) electrons. The number of nitrogens with two attached hydrogens (primary N) is 1. The topological polar surface area (TPSA) is 127 Å². The van der Waals surface area contributed by atoms with Crippen molar-refractivity contribution in [3.05, 3.63) is 66.5 Å². The Hall–Kier alpha value is -4.40. The highest BCUT2D eigenvalue weighted by atomic mass is 16.1. The maximum atomic E-state index is 11.3. The number of anilines is 4. The van der Waals surface area contributed by atoms with Gasteiger partial charge >= 0.3 is 0 Å². The normalized spacial score (nSPS) is 11.1. The van der Waals surface area contributed by atoms with Gasteiger partial charge in [0.1, 0.15) is 11.5 Å². The number of nitrogens with one attached hydrogen (secondary N) is 3. The first kappa shape index (κ1) is 17.7. The van der Waals surface area contributed by atoms with Crippen molar-refractivity contribution in [1.82, 2.24) is 24.7 Å². The number of fused-ring (bicyclic) bond motifs is 2. The molecule has 0 unspecified atom stereocenters. The van der Waals surface area contributed by atoms with Gasteiger partial charge in [0.05, 0.1) is 17.1 Å². The number of primary amides is 1. The van der Waals surface area contributed by atoms with Crippen molar-refractivity contribution in [3.63, 3.8) is 0 Å². The number of aryl methyl sites for hydroxylation is 1. The zero-order chi connectivity index (χ0) is 20.7. The van der Waals surface area contributed by atoms with Crippen LogP contribution in [-0.2, 0) is 7.05 Å². The number of nitrogens with zero attached hydrogens (tertiary/aromatic N) is 4. The summed E-state index contributed by atoms with van der Waals surface area (Å²) in [7, 11) is 1.91. The van der Waals surface area contributed by atoms with Crippen molar-refractivity contribution in [2.24, 2.45) is 12.8 Å². The first-order valence-corrected chi connectivity index (χ1v) is 9.28. The van der Waals surface area contributed by atoms with Crippen LogP contribution in [0.1, 0.15) is 10.4 Å². The van der Waals surface area contributed by atoms with Crippen LogP contribution < -0.4 is 16.4 Å². The number of hydrogen-bond acceptors (Lipinski definition) is 6. The molecule has 0 aliphatic rings. The maximum absolute atomic E-state index is 11.3. The van der Waals surface area contributed by atoms with Crippen molar-refractivity contribution in [2.45, 2.75) is 0 Å². The van der Waals surface area contributed by atoms with Gasteiger partial charge in [-0.15, -0.1) is 0 Å². The number of benzene rings is 2. The average molecular weight is 398 g/mol. The lowest BCUT2D eigenvalue weighted by atomic mass is 10.2. The number of carbonyl (C=O) groups is 1. The summed E-state index contributed by atoms with van der Waals surface area (Å²) in [6, 6.07) is 14.8. The fourth-order valence-corrected chi connectivity index (χ4v) is 3.30. The van der Waals surface area contributed by atoms with Gasteiger partial charge < -0.3 is 21.4 Å². The Bertz CT molecular complexity index is 1380. The Morgan fingerprint density at radius 3 is 2.63 bits per heavy atom. The number of aromatic nitrogens is 5. The fraction of sp³-hybridized carbons (Fsp3) is 0.0476. The summed E-state index contributed by atoms with van der Waals surface area (Å²) in [5.74, 6) is 0.613. The third kappa shape index (κ3) is 3.18. The van der Waals surface area contributed by atoms with Crippen LogP contribution in [0.3, 0.4) is 0 Å². The van der Waals surface area contributed by atoms with Crippen molar-refractivity contribution in [3.8, 4) is 0 Å². The van der Waals surface area contributed by atoms with Gasteiger partial charge in [-0.2, -0.15) is 15.1 Å². The molecule has 30 heavy (non-hydrogen) atoms. The Kier molecular flexibility index (Phi) is 4.06. The molecular weight excluding hydrogens is 380 g/mol. The Morgan fingerprint density at radius 1 is 1.03 bits per heavy atom. The van der Waals surface area contributed by atoms with Gasteiger partial charge in [-0.05, 0) is 48.5 Å². The van der Waals surface area contributed by atoms with Crippen molar-refractivity contribution >= 4 is 51.0 Å². The average Bonchev–Trinajstić information content (AvgIpc) is 3.35. The molecule has 5 aromatic rings. The van der Waals surface area contributed by atoms with Crippen molar-refractivity contribution < 1.29 is 4.79 Å². The van der Waals surface area contributed by atoms with E-state index in [1.807, 2.05) is 48.4 Å². The predicted molar refractivity (Wildman–Crippen MR) is 116 cm³/mol. The van der Waals surface area contributed by atoms with E-state index < -0.39 is 5.91 Å². The van der Waals surface area contributed by atoms with E-state index in [9.17, 15) is 4.79 Å². The Morgan fingerprint density at radius 2 is 1.83 bits per heavy atom. The Labute approximate surface area is 170 Å². The van der Waals surface area contributed by atoms with Crippen LogP contribution in [0.4, 0.5) is 23.1 Å². The Balaban J connectivity index is 1.49. The minimum absolute atomic E-state index is 0.417. The van der Waals surface area contributed by atoms with E-state index >= 15 is 0 Å². The van der Waals surface area contributed by atoms with Gasteiger partial charge in [0, 0.05) is 35.6 Å². The number of aromatic amines is 1. The second-order valence-corrected chi connectivity index (χ2v) is 6.87. The van der Waals surface area contributed by atoms with Crippen LogP contribution >= 0.6 is 0 Å². The summed E-state index contributed by atoms with van der Waals surface area (Å²) in [4.78, 5) is 23.5. The van der Waals surface area contributed by atoms with Crippen LogP contribution in [0.15, 0.2) is 60.9 Å². The molecule has 3 heterocycles. The summed E-state index contributed by atoms with van der Waals surface area (Å²) < 4.78 is 1.83. The molecule has 0 aliphatic carbocycles. The molecule has 2 aromatic carbocycles. The molecule has 3 aromatic heterocycles. The van der Waals surface area contributed by atoms with Gasteiger partial charge in [0.25, 0.3) is 0 Å². The monoisotopic (exact) mass is 398 g/mol. The molecular formula is C21H18N8O. The van der Waals surface area contributed by atoms with Gasteiger partial charge in [-0.3, -0.25) is 9.48 Å². The zero-order valence-electron chi connectivity index (χ0n) is 16.0. The standard InChI is InChI=1S/C21H18N8O/c1-29-17-10-15(7-4-13(17)11-24-29)25-20-16-8-9-23-19(16)27-21(28-20)26-14-5-2-12(3-6-14)18(22)30/h2-11H,1H3,(H2,22,30)(H3,23,25,26,27,28). The molecule has 0 spiro atoms. The summed E-state index contributed by atoms with van der Waals surface area (Å²) in [6.07, 6.45) is 3.65. The lowest BCUT2D eigenvalue weighted by Gasteiger charge is -2.11. The lowest BCUT2D eigenvalue weighted by Crippen LogP contribution is -2.10. The number of carbonyl (C=O) groups excluding carboxylic acids is 1. The van der Waals surface area contributed by atoms with E-state index in [-0.39, 0.29) is 0 Å². The van der Waals surface area contributed by atoms with Gasteiger partial charge in [0.15, 0.2) is 0 Å². The molecule has 0 saturated carbocycles. The van der Waals surface area contributed by atoms with Crippen LogP contribution in [0, 0.1) is 0 Å². The summed E-state index contributed by atoms with van der Waals surface area (Å²) in [5.41, 5.74) is 9.09. The van der Waals surface area contributed by atoms with Gasteiger partial charge in [-0.1, -0.05) is 0 Å². The molecule has 0 saturated heterocycles. The highest BCUT2D eigenvalue weighted by Crippen LogP contribution is 2.27. The zero-order valence-corrected chi connectivity index (χ0v) is 16.0. The molecule has 0 fully saturated rings. The summed E-state index contributed by atoms with van der Waals surface area (Å²) >= 11 is 0. The fourth-order valence-electron chi connectivity index (χ4n) is 3.30. The van der Waals surface area contributed by atoms with Crippen LogP contribution in [0.5, 0.6) is 0 Å². The molecule has 0 atom stereocenters. The third-order valence-corrected chi connectivity index (χ3v) is 4.85. The van der Waals surface area contributed by atoms with Gasteiger partial charge in [-0.25, -0.2) is 0 Å². The SMILES string of the molecule is Cn1ncc2ccc(Nc3nc(Nc4ccc(C(N)=O)cc4)nc4[nH]ccc34)cc21. The first-order chi connectivity index (χ1) is 14.6. The molecule has 5 rings (SSSR count). The van der Waals surface area contributed by atoms with Crippen LogP contribution in [0.2, 0.25) is 0 Å². The predicted octanol–water partition coefficient (Wildman–Crippen LogP) is 3.43. The summed E-state index contributed by atoms with van der Waals surface area (Å²) in [6.45, 7) is 0. The lowest BCUT2D eigenvalue weighted by molar-refractivity contribution is 0.100. The van der Waals surface area contributed by atoms with E-state index in [1.54, 1.807) is 24.3 Å². The van der Waals surface area contributed by atoms with Crippen molar-refractivity contribution in [1.29, 1.82) is 0 Å². The van der Waals surface area contributed by atoms with Crippen LogP contribution in [-0.4, -0.2) is 30.6 Å². The van der Waals surface area contributed by atoms with E-state index in [2.05, 4.69) is 30.7 Å². The minimum Gasteiger partial charge on any atom is -0.366 e. The highest BCUT2D eigenvalue weighted by Gasteiger charge is 2.11. The van der Waals surface area contributed by atoms with E-state index in [0.29, 0.717) is 23.0 Å². The number of hydrogen-bond donors (Lipinski definition) is 4. The quantitative estimate of drug-likeness (QED) is 0.359. The molecule has 9 nitrogen and oxygen atoms in total. The van der Waals surface area contributed by atoms with Crippen molar-refractivity contribution in [2.75, 3.05) is 10.6 Å². The smallest absolute Gasteiger partial charge is 0.248 e. The largest absolute Gasteiger partial charge is 0.366 e. The first-order valence-electron chi connectivity index (χ1n) is 9.28. The molecule has 0 aliphatic heterocycles. The van der Waals surface area contributed by atoms with Crippen LogP contribution in [0.25, 0.3) is 21.9 Å². The van der Waals surface area contributed by atoms with E-state index in [0.717, 1.165) is 27.7 Å². The molecule has 5 N–H and O–H groups in total. The minimum atomic E-state index is -0.470. The molecule has 1 amide bonds. The maximum Gasteiger partial charge on any atom is 0.248 e. The van der Waals surface area contributed by atoms with E-state index in [4.69, 9.17) is 5.73 Å². The summed E-state index contributed by atoms with van der Waals surface area (Å²) in [5, 5.41) is 12.8. The van der Waals surface area contributed by atoms with Gasteiger partial charge in [0.2, 0.25) is 11.9 Å². The molecule has 148 valence electrons. The number of amides is 1. The van der Waals surface area contributed by atoms with E-state index in [1.165, 1.54) is 0 Å². The number of H-pyrrole nitrogens is 1. The molecule has 9 heteroatoms. The highest BCUT2D eigenvalue weighted by molar-refractivity contribution is 5.93. The number of rotatable bonds is 5. The molecule has 0 bridgehead atoms.